The van der Waals surface area contributed by atoms with Crippen molar-refractivity contribution >= 4 is 17.2 Å². The lowest BCUT2D eigenvalue weighted by molar-refractivity contribution is 0.628. The van der Waals surface area contributed by atoms with Gasteiger partial charge in [0.05, 0.1) is 5.02 Å². The molecule has 1 aliphatic carbocycles. The van der Waals surface area contributed by atoms with Gasteiger partial charge in [0.25, 0.3) is 0 Å². The maximum absolute atomic E-state index is 12.9. The van der Waals surface area contributed by atoms with E-state index in [4.69, 9.17) is 11.6 Å². The third-order valence-corrected chi connectivity index (χ3v) is 2.59. The summed E-state index contributed by atoms with van der Waals surface area (Å²) in [5.74, 6) is -0.359. The zero-order valence-corrected chi connectivity index (χ0v) is 8.39. The van der Waals surface area contributed by atoms with E-state index in [0.29, 0.717) is 0 Å². The van der Waals surface area contributed by atoms with Crippen molar-refractivity contribution in [2.24, 2.45) is 0 Å². The molecule has 0 bridgehead atoms. The van der Waals surface area contributed by atoms with Crippen LogP contribution in [0.15, 0.2) is 36.4 Å². The van der Waals surface area contributed by atoms with Gasteiger partial charge in [0.15, 0.2) is 0 Å². The zero-order valence-electron chi connectivity index (χ0n) is 7.63. The van der Waals surface area contributed by atoms with Crippen molar-refractivity contribution in [3.05, 3.63) is 52.8 Å². The maximum Gasteiger partial charge on any atom is 0.141 e. The topological polar surface area (TPSA) is 0 Å². The van der Waals surface area contributed by atoms with E-state index in [1.807, 2.05) is 12.2 Å². The molecule has 0 fully saturated rings. The molecular weight excluding hydrogens is 199 g/mol. The molecule has 0 radical (unpaired) electrons. The van der Waals surface area contributed by atoms with Crippen LogP contribution in [0.1, 0.15) is 18.4 Å². The normalized spacial score (nSPS) is 15.4. The molecule has 0 saturated carbocycles. The quantitative estimate of drug-likeness (QED) is 0.649. The molecule has 0 heterocycles. The lowest BCUT2D eigenvalue weighted by Gasteiger charge is -2.09. The summed E-state index contributed by atoms with van der Waals surface area (Å²) in [6.07, 6.45) is 8.23. The highest BCUT2D eigenvalue weighted by atomic mass is 35.5. The van der Waals surface area contributed by atoms with Gasteiger partial charge in [0.1, 0.15) is 5.82 Å². The molecule has 72 valence electrons. The second-order valence-corrected chi connectivity index (χ2v) is 3.69. The van der Waals surface area contributed by atoms with E-state index in [0.717, 1.165) is 18.4 Å². The summed E-state index contributed by atoms with van der Waals surface area (Å²) in [6, 6.07) is 4.87. The van der Waals surface area contributed by atoms with Crippen molar-refractivity contribution in [1.29, 1.82) is 0 Å². The Morgan fingerprint density at radius 2 is 2.14 bits per heavy atom. The van der Waals surface area contributed by atoms with Crippen LogP contribution in [0.5, 0.6) is 0 Å². The Balaban J connectivity index is 2.37. The van der Waals surface area contributed by atoms with Crippen molar-refractivity contribution in [2.45, 2.75) is 12.8 Å². The van der Waals surface area contributed by atoms with Crippen molar-refractivity contribution in [1.82, 2.24) is 0 Å². The lowest BCUT2D eigenvalue weighted by atomic mass is 9.97. The molecule has 2 rings (SSSR count). The monoisotopic (exact) mass is 208 g/mol. The fraction of sp³-hybridized carbons (Fsp3) is 0.167. The molecule has 0 aliphatic heterocycles. The van der Waals surface area contributed by atoms with Crippen LogP contribution in [-0.2, 0) is 0 Å². The van der Waals surface area contributed by atoms with E-state index in [-0.39, 0.29) is 10.8 Å². The van der Waals surface area contributed by atoms with Crippen molar-refractivity contribution in [2.75, 3.05) is 0 Å². The van der Waals surface area contributed by atoms with E-state index in [9.17, 15) is 4.39 Å². The summed E-state index contributed by atoms with van der Waals surface area (Å²) < 4.78 is 12.9. The first kappa shape index (κ1) is 9.47. The number of allylic oxidation sites excluding steroid dienone is 4. The summed E-state index contributed by atoms with van der Waals surface area (Å²) in [6.45, 7) is 0. The van der Waals surface area contributed by atoms with Crippen LogP contribution in [0.3, 0.4) is 0 Å². The standard InChI is InChI=1S/C12H10ClF/c13-11-8-10(6-7-12(11)14)9-4-2-1-3-5-9/h1-2,4,6-8H,3,5H2. The van der Waals surface area contributed by atoms with E-state index in [1.54, 1.807) is 12.1 Å². The van der Waals surface area contributed by atoms with Crippen LogP contribution in [0.4, 0.5) is 4.39 Å². The van der Waals surface area contributed by atoms with Crippen LogP contribution in [-0.4, -0.2) is 0 Å². The number of halogens is 2. The molecule has 0 atom stereocenters. The number of rotatable bonds is 1. The third-order valence-electron chi connectivity index (χ3n) is 2.30. The van der Waals surface area contributed by atoms with Gasteiger partial charge < -0.3 is 0 Å². The van der Waals surface area contributed by atoms with E-state index in [2.05, 4.69) is 6.08 Å². The average molecular weight is 209 g/mol. The highest BCUT2D eigenvalue weighted by Crippen LogP contribution is 2.26. The summed E-state index contributed by atoms with van der Waals surface area (Å²) >= 11 is 5.71. The third kappa shape index (κ3) is 1.88. The van der Waals surface area contributed by atoms with Crippen molar-refractivity contribution in [3.8, 4) is 0 Å². The second kappa shape index (κ2) is 3.97. The summed E-state index contributed by atoms with van der Waals surface area (Å²) in [5.41, 5.74) is 2.23. The number of benzene rings is 1. The minimum Gasteiger partial charge on any atom is -0.205 e. The number of hydrogen-bond acceptors (Lipinski definition) is 0. The van der Waals surface area contributed by atoms with Gasteiger partial charge in [0.2, 0.25) is 0 Å². The molecular formula is C12H10ClF. The molecule has 1 aliphatic rings. The minimum atomic E-state index is -0.359. The maximum atomic E-state index is 12.9. The minimum absolute atomic E-state index is 0.193. The van der Waals surface area contributed by atoms with Crippen molar-refractivity contribution < 1.29 is 4.39 Å². The molecule has 1 aromatic carbocycles. The predicted molar refractivity (Wildman–Crippen MR) is 57.8 cm³/mol. The molecule has 0 saturated heterocycles. The zero-order chi connectivity index (χ0) is 9.97. The van der Waals surface area contributed by atoms with Crippen molar-refractivity contribution in [3.63, 3.8) is 0 Å². The van der Waals surface area contributed by atoms with Crippen LogP contribution in [0.25, 0.3) is 5.57 Å². The van der Waals surface area contributed by atoms with Gasteiger partial charge in [-0.25, -0.2) is 4.39 Å². The van der Waals surface area contributed by atoms with E-state index >= 15 is 0 Å². The van der Waals surface area contributed by atoms with E-state index < -0.39 is 0 Å². The first-order valence-electron chi connectivity index (χ1n) is 4.58. The average Bonchev–Trinajstić information content (AvgIpc) is 2.23. The highest BCUT2D eigenvalue weighted by molar-refractivity contribution is 6.30. The highest BCUT2D eigenvalue weighted by Gasteiger charge is 2.06. The Labute approximate surface area is 87.7 Å². The first-order valence-corrected chi connectivity index (χ1v) is 4.96. The van der Waals surface area contributed by atoms with Crippen LogP contribution in [0, 0.1) is 5.82 Å². The molecule has 14 heavy (non-hydrogen) atoms. The second-order valence-electron chi connectivity index (χ2n) is 3.29. The Morgan fingerprint density at radius 1 is 1.29 bits per heavy atom. The first-order chi connectivity index (χ1) is 6.77. The predicted octanol–water partition coefficient (Wildman–Crippen LogP) is 4.21. The van der Waals surface area contributed by atoms with Gasteiger partial charge in [-0.1, -0.05) is 35.9 Å². The number of hydrogen-bond donors (Lipinski definition) is 0. The SMILES string of the molecule is Fc1ccc(C2=CC=CCC2)cc1Cl. The van der Waals surface area contributed by atoms with Gasteiger partial charge in [-0.05, 0) is 36.1 Å². The largest absolute Gasteiger partial charge is 0.205 e. The molecule has 2 heteroatoms. The molecule has 1 aromatic rings. The Morgan fingerprint density at radius 3 is 2.79 bits per heavy atom. The summed E-state index contributed by atoms with van der Waals surface area (Å²) in [5, 5.41) is 0.193. The molecule has 0 N–H and O–H groups in total. The van der Waals surface area contributed by atoms with Crippen LogP contribution >= 0.6 is 11.6 Å². The summed E-state index contributed by atoms with van der Waals surface area (Å²) in [7, 11) is 0. The Bertz CT molecular complexity index is 405. The molecule has 0 aromatic heterocycles. The van der Waals surface area contributed by atoms with Gasteiger partial charge >= 0.3 is 0 Å². The molecule has 0 nitrogen and oxygen atoms in total. The molecule has 0 amide bonds. The van der Waals surface area contributed by atoms with E-state index in [1.165, 1.54) is 11.6 Å². The molecule has 0 spiro atoms. The van der Waals surface area contributed by atoms with Crippen LogP contribution in [0.2, 0.25) is 5.02 Å². The Kier molecular flexibility index (Phi) is 2.69. The Hall–Kier alpha value is -1.08. The summed E-state index contributed by atoms with van der Waals surface area (Å²) in [4.78, 5) is 0. The van der Waals surface area contributed by atoms with Crippen LogP contribution < -0.4 is 0 Å². The smallest absolute Gasteiger partial charge is 0.141 e. The fourth-order valence-corrected chi connectivity index (χ4v) is 1.72. The fourth-order valence-electron chi connectivity index (χ4n) is 1.54. The van der Waals surface area contributed by atoms with Gasteiger partial charge in [-0.15, -0.1) is 0 Å². The molecule has 0 unspecified atom stereocenters. The van der Waals surface area contributed by atoms with Gasteiger partial charge in [0, 0.05) is 0 Å². The van der Waals surface area contributed by atoms with Gasteiger partial charge in [-0.2, -0.15) is 0 Å². The van der Waals surface area contributed by atoms with Gasteiger partial charge in [-0.3, -0.25) is 0 Å². The lowest BCUT2D eigenvalue weighted by Crippen LogP contribution is -1.89.